The molecule has 3 nitrogen and oxygen atoms in total. The number of nitrogens with zero attached hydrogens (tertiary/aromatic N) is 1. The summed E-state index contributed by atoms with van der Waals surface area (Å²) in [7, 11) is 0. The fraction of sp³-hybridized carbons (Fsp3) is 0.364. The zero-order valence-corrected chi connectivity index (χ0v) is 8.74. The predicted molar refractivity (Wildman–Crippen MR) is 52.8 cm³/mol. The lowest BCUT2D eigenvalue weighted by molar-refractivity contribution is -0.137. The van der Waals surface area contributed by atoms with E-state index < -0.39 is 17.8 Å². The van der Waals surface area contributed by atoms with Gasteiger partial charge in [-0.15, -0.1) is 0 Å². The summed E-state index contributed by atoms with van der Waals surface area (Å²) in [6.07, 6.45) is -5.36. The Morgan fingerprint density at radius 2 is 1.88 bits per heavy atom. The highest BCUT2D eigenvalue weighted by atomic mass is 19.4. The largest absolute Gasteiger partial charge is 0.416 e. The molecule has 92 valence electrons. The number of nitriles is 1. The lowest BCUT2D eigenvalue weighted by Crippen LogP contribution is -2.08. The molecule has 0 saturated heterocycles. The van der Waals surface area contributed by atoms with Gasteiger partial charge in [-0.2, -0.15) is 18.4 Å². The minimum atomic E-state index is -4.40. The Morgan fingerprint density at radius 1 is 1.29 bits per heavy atom. The molecular weight excluding hydrogens is 235 g/mol. The molecule has 17 heavy (non-hydrogen) atoms. The molecule has 0 spiro atoms. The molecule has 6 heteroatoms. The summed E-state index contributed by atoms with van der Waals surface area (Å²) < 4.78 is 41.8. The summed E-state index contributed by atoms with van der Waals surface area (Å²) in [5.41, 5.74) is -0.450. The highest BCUT2D eigenvalue weighted by Crippen LogP contribution is 2.30. The molecule has 0 aliphatic carbocycles. The zero-order valence-electron chi connectivity index (χ0n) is 8.74. The molecular formula is C11H10F3NO2. The van der Waals surface area contributed by atoms with Crippen LogP contribution in [0.15, 0.2) is 24.3 Å². The number of alkyl halides is 3. The van der Waals surface area contributed by atoms with Gasteiger partial charge in [0.25, 0.3) is 0 Å². The summed E-state index contributed by atoms with van der Waals surface area (Å²) >= 11 is 0. The molecule has 1 atom stereocenters. The van der Waals surface area contributed by atoms with Gasteiger partial charge in [0.05, 0.1) is 24.8 Å². The smallest absolute Gasteiger partial charge is 0.394 e. The van der Waals surface area contributed by atoms with Gasteiger partial charge in [-0.05, 0) is 17.7 Å². The molecule has 0 aliphatic heterocycles. The molecule has 0 heterocycles. The van der Waals surface area contributed by atoms with Crippen molar-refractivity contribution in [2.45, 2.75) is 12.3 Å². The molecule has 0 aliphatic rings. The molecule has 0 aromatic heterocycles. The average Bonchev–Trinajstić information content (AvgIpc) is 2.29. The van der Waals surface area contributed by atoms with Gasteiger partial charge < -0.3 is 9.84 Å². The van der Waals surface area contributed by atoms with Crippen molar-refractivity contribution >= 4 is 0 Å². The molecule has 0 saturated carbocycles. The Kier molecular flexibility index (Phi) is 4.49. The first-order valence-corrected chi connectivity index (χ1v) is 4.78. The van der Waals surface area contributed by atoms with Crippen LogP contribution in [0.25, 0.3) is 0 Å². The van der Waals surface area contributed by atoms with Gasteiger partial charge >= 0.3 is 6.18 Å². The molecule has 0 bridgehead atoms. The van der Waals surface area contributed by atoms with Gasteiger partial charge in [-0.1, -0.05) is 12.1 Å². The number of rotatable bonds is 4. The van der Waals surface area contributed by atoms with Crippen LogP contribution in [0.1, 0.15) is 17.2 Å². The Hall–Kier alpha value is -1.58. The van der Waals surface area contributed by atoms with Crippen LogP contribution in [0.4, 0.5) is 13.2 Å². The fourth-order valence-electron chi connectivity index (χ4n) is 1.23. The first-order valence-electron chi connectivity index (χ1n) is 4.78. The lowest BCUT2D eigenvalue weighted by atomic mass is 10.1. The Balaban J connectivity index is 2.83. The Morgan fingerprint density at radius 3 is 2.29 bits per heavy atom. The van der Waals surface area contributed by atoms with Crippen molar-refractivity contribution in [1.82, 2.24) is 0 Å². The number of hydrogen-bond acceptors (Lipinski definition) is 3. The van der Waals surface area contributed by atoms with Gasteiger partial charge in [0.15, 0.2) is 6.10 Å². The van der Waals surface area contributed by atoms with E-state index in [9.17, 15) is 13.2 Å². The van der Waals surface area contributed by atoms with E-state index in [1.54, 1.807) is 6.07 Å². The van der Waals surface area contributed by atoms with Crippen LogP contribution in [0.2, 0.25) is 0 Å². The molecule has 0 fully saturated rings. The summed E-state index contributed by atoms with van der Waals surface area (Å²) in [4.78, 5) is 0. The van der Waals surface area contributed by atoms with Crippen LogP contribution < -0.4 is 0 Å². The standard InChI is InChI=1S/C11H10F3NO2/c12-11(13,14)9-3-1-8(2-4-9)10(7-15)17-6-5-16/h1-4,10,16H,5-6H2. The summed E-state index contributed by atoms with van der Waals surface area (Å²) in [5, 5.41) is 17.3. The molecule has 0 radical (unpaired) electrons. The quantitative estimate of drug-likeness (QED) is 0.885. The molecule has 1 unspecified atom stereocenters. The second-order valence-corrected chi connectivity index (χ2v) is 3.22. The second kappa shape index (κ2) is 5.66. The van der Waals surface area contributed by atoms with E-state index in [0.29, 0.717) is 5.56 Å². The van der Waals surface area contributed by atoms with E-state index in [0.717, 1.165) is 12.1 Å². The molecule has 1 rings (SSSR count). The third kappa shape index (κ3) is 3.73. The predicted octanol–water partition coefficient (Wildman–Crippen LogP) is 2.28. The van der Waals surface area contributed by atoms with Crippen molar-refractivity contribution in [3.05, 3.63) is 35.4 Å². The number of benzene rings is 1. The number of ether oxygens (including phenoxy) is 1. The maximum atomic E-state index is 12.3. The van der Waals surface area contributed by atoms with Crippen LogP contribution in [-0.2, 0) is 10.9 Å². The van der Waals surface area contributed by atoms with Gasteiger partial charge in [-0.25, -0.2) is 0 Å². The van der Waals surface area contributed by atoms with Crippen LogP contribution in [0.5, 0.6) is 0 Å². The number of aliphatic hydroxyl groups is 1. The fourth-order valence-corrected chi connectivity index (χ4v) is 1.23. The van der Waals surface area contributed by atoms with E-state index in [2.05, 4.69) is 0 Å². The Labute approximate surface area is 96.1 Å². The van der Waals surface area contributed by atoms with Crippen molar-refractivity contribution in [2.24, 2.45) is 0 Å². The maximum absolute atomic E-state index is 12.3. The summed E-state index contributed by atoms with van der Waals surface area (Å²) in [6, 6.07) is 5.96. The lowest BCUT2D eigenvalue weighted by Gasteiger charge is -2.11. The van der Waals surface area contributed by atoms with E-state index in [1.807, 2.05) is 0 Å². The molecule has 1 N–H and O–H groups in total. The van der Waals surface area contributed by atoms with E-state index in [-0.39, 0.29) is 13.2 Å². The van der Waals surface area contributed by atoms with Gasteiger partial charge in [0, 0.05) is 0 Å². The summed E-state index contributed by atoms with van der Waals surface area (Å²) in [6.45, 7) is -0.294. The van der Waals surface area contributed by atoms with Crippen molar-refractivity contribution in [1.29, 1.82) is 5.26 Å². The normalized spacial score (nSPS) is 13.1. The third-order valence-corrected chi connectivity index (χ3v) is 2.03. The molecule has 1 aromatic rings. The minimum absolute atomic E-state index is 0.0424. The van der Waals surface area contributed by atoms with Crippen LogP contribution in [0, 0.1) is 11.3 Å². The van der Waals surface area contributed by atoms with E-state index >= 15 is 0 Å². The minimum Gasteiger partial charge on any atom is -0.394 e. The van der Waals surface area contributed by atoms with Gasteiger partial charge in [0.2, 0.25) is 0 Å². The summed E-state index contributed by atoms with van der Waals surface area (Å²) in [5.74, 6) is 0. The SMILES string of the molecule is N#CC(OCCO)c1ccc(C(F)(F)F)cc1. The first-order chi connectivity index (χ1) is 7.99. The average molecular weight is 245 g/mol. The second-order valence-electron chi connectivity index (χ2n) is 3.22. The van der Waals surface area contributed by atoms with Crippen molar-refractivity contribution < 1.29 is 23.0 Å². The van der Waals surface area contributed by atoms with Crippen molar-refractivity contribution in [2.75, 3.05) is 13.2 Å². The number of halogens is 3. The molecule has 1 aromatic carbocycles. The maximum Gasteiger partial charge on any atom is 0.416 e. The van der Waals surface area contributed by atoms with Crippen molar-refractivity contribution in [3.63, 3.8) is 0 Å². The topological polar surface area (TPSA) is 53.2 Å². The highest BCUT2D eigenvalue weighted by Gasteiger charge is 2.30. The number of aliphatic hydroxyl groups excluding tert-OH is 1. The van der Waals surface area contributed by atoms with Crippen molar-refractivity contribution in [3.8, 4) is 6.07 Å². The van der Waals surface area contributed by atoms with E-state index in [4.69, 9.17) is 15.1 Å². The van der Waals surface area contributed by atoms with Gasteiger partial charge in [0.1, 0.15) is 0 Å². The monoisotopic (exact) mass is 245 g/mol. The number of hydrogen-bond donors (Lipinski definition) is 1. The van der Waals surface area contributed by atoms with Crippen LogP contribution in [-0.4, -0.2) is 18.3 Å². The first kappa shape index (κ1) is 13.5. The Bertz CT molecular complexity index is 395. The van der Waals surface area contributed by atoms with Crippen LogP contribution in [0.3, 0.4) is 0 Å². The molecule has 0 amide bonds. The zero-order chi connectivity index (χ0) is 12.9. The highest BCUT2D eigenvalue weighted by molar-refractivity contribution is 5.28. The van der Waals surface area contributed by atoms with Gasteiger partial charge in [-0.3, -0.25) is 0 Å². The van der Waals surface area contributed by atoms with Crippen LogP contribution >= 0.6 is 0 Å². The van der Waals surface area contributed by atoms with E-state index in [1.165, 1.54) is 12.1 Å². The third-order valence-electron chi connectivity index (χ3n) is 2.03.